The molecule has 1 fully saturated rings. The fraction of sp³-hybridized carbons (Fsp3) is 0.571. The molecule has 29 heavy (non-hydrogen) atoms. The Kier molecular flexibility index (Phi) is 6.12. The van der Waals surface area contributed by atoms with Crippen LogP contribution in [-0.4, -0.2) is 52.4 Å². The smallest absolute Gasteiger partial charge is 0.407 e. The number of aliphatic hydroxyl groups is 1. The number of aromatic amines is 1. The van der Waals surface area contributed by atoms with Gasteiger partial charge in [0.15, 0.2) is 0 Å². The number of hydrogen-bond donors (Lipinski definition) is 4. The van der Waals surface area contributed by atoms with E-state index in [4.69, 9.17) is 4.74 Å². The lowest BCUT2D eigenvalue weighted by atomic mass is 9.96. The molecule has 1 aliphatic rings. The van der Waals surface area contributed by atoms with Crippen molar-refractivity contribution in [1.82, 2.24) is 20.6 Å². The van der Waals surface area contributed by atoms with E-state index in [1.165, 1.54) is 0 Å². The van der Waals surface area contributed by atoms with Gasteiger partial charge in [0.1, 0.15) is 12.3 Å². The van der Waals surface area contributed by atoms with Gasteiger partial charge in [0.25, 0.3) is 5.91 Å². The Morgan fingerprint density at radius 3 is 2.90 bits per heavy atom. The first kappa shape index (κ1) is 21.1. The highest BCUT2D eigenvalue weighted by Gasteiger charge is 2.51. The fourth-order valence-electron chi connectivity index (χ4n) is 3.75. The predicted octanol–water partition coefficient (Wildman–Crippen LogP) is 2.60. The molecule has 0 aromatic carbocycles. The maximum Gasteiger partial charge on any atom is 0.407 e. The molecule has 3 rings (SSSR count). The number of hydrogen-bond acceptors (Lipinski definition) is 5. The van der Waals surface area contributed by atoms with Gasteiger partial charge >= 0.3 is 6.09 Å². The Balaban J connectivity index is 1.42. The number of H-pyrrole nitrogens is 1. The third-order valence-electron chi connectivity index (χ3n) is 5.69. The minimum atomic E-state index is -1.04. The quantitative estimate of drug-likeness (QED) is 0.514. The van der Waals surface area contributed by atoms with E-state index in [1.807, 2.05) is 6.07 Å². The van der Waals surface area contributed by atoms with Crippen LogP contribution in [0.25, 0.3) is 10.9 Å². The number of ether oxygens (including phenoxy) is 1. The highest BCUT2D eigenvalue weighted by Crippen LogP contribution is 2.57. The number of amides is 2. The maximum atomic E-state index is 12.4. The van der Waals surface area contributed by atoms with Gasteiger partial charge in [0.05, 0.1) is 5.60 Å². The molecule has 0 aliphatic heterocycles. The summed E-state index contributed by atoms with van der Waals surface area (Å²) in [5.74, 6) is 0.281. The number of carbonyl (C=O) groups is 2. The molecule has 4 N–H and O–H groups in total. The summed E-state index contributed by atoms with van der Waals surface area (Å²) in [5, 5.41) is 16.3. The molecule has 2 unspecified atom stereocenters. The van der Waals surface area contributed by atoms with Crippen LogP contribution in [0.4, 0.5) is 4.79 Å². The van der Waals surface area contributed by atoms with Gasteiger partial charge in [-0.2, -0.15) is 0 Å². The van der Waals surface area contributed by atoms with Gasteiger partial charge in [-0.25, -0.2) is 4.79 Å². The fourth-order valence-corrected chi connectivity index (χ4v) is 3.75. The molecule has 8 heteroatoms. The Hall–Kier alpha value is -2.61. The lowest BCUT2D eigenvalue weighted by Gasteiger charge is -2.18. The summed E-state index contributed by atoms with van der Waals surface area (Å²) in [6.45, 7) is 6.39. The third kappa shape index (κ3) is 5.47. The molecular weight excluding hydrogens is 372 g/mol. The first-order chi connectivity index (χ1) is 13.7. The number of fused-ring (bicyclic) bond motifs is 1. The SMILES string of the molecule is CCC1(CCNC(=O)OCC(C)(C)O)CC1CNC(=O)c1cc2cnccc2[nH]1. The van der Waals surface area contributed by atoms with Crippen molar-refractivity contribution in [3.05, 3.63) is 30.2 Å². The highest BCUT2D eigenvalue weighted by atomic mass is 16.6. The first-order valence-electron chi connectivity index (χ1n) is 10.1. The van der Waals surface area contributed by atoms with Crippen molar-refractivity contribution in [2.24, 2.45) is 11.3 Å². The van der Waals surface area contributed by atoms with Gasteiger partial charge < -0.3 is 25.5 Å². The summed E-state index contributed by atoms with van der Waals surface area (Å²) < 4.78 is 4.99. The molecule has 2 aromatic rings. The van der Waals surface area contributed by atoms with E-state index in [0.717, 1.165) is 30.2 Å². The predicted molar refractivity (Wildman–Crippen MR) is 110 cm³/mol. The number of carbonyl (C=O) groups excluding carboxylic acids is 2. The van der Waals surface area contributed by atoms with E-state index in [2.05, 4.69) is 27.5 Å². The Labute approximate surface area is 170 Å². The van der Waals surface area contributed by atoms with Crippen LogP contribution in [0, 0.1) is 11.3 Å². The zero-order chi connectivity index (χ0) is 21.1. The van der Waals surface area contributed by atoms with Gasteiger partial charge in [-0.05, 0) is 50.2 Å². The largest absolute Gasteiger partial charge is 0.447 e. The van der Waals surface area contributed by atoms with Crippen LogP contribution in [0.5, 0.6) is 0 Å². The van der Waals surface area contributed by atoms with E-state index in [9.17, 15) is 14.7 Å². The second kappa shape index (κ2) is 8.41. The monoisotopic (exact) mass is 402 g/mol. The lowest BCUT2D eigenvalue weighted by Crippen LogP contribution is -2.34. The molecule has 2 heterocycles. The number of aromatic nitrogens is 2. The van der Waals surface area contributed by atoms with Gasteiger partial charge in [-0.15, -0.1) is 0 Å². The molecule has 0 spiro atoms. The lowest BCUT2D eigenvalue weighted by molar-refractivity contribution is 0.00680. The summed E-state index contributed by atoms with van der Waals surface area (Å²) in [6, 6.07) is 3.65. The van der Waals surface area contributed by atoms with Crippen LogP contribution >= 0.6 is 0 Å². The van der Waals surface area contributed by atoms with Gasteiger partial charge in [-0.1, -0.05) is 13.3 Å². The summed E-state index contributed by atoms with van der Waals surface area (Å²) in [7, 11) is 0. The van der Waals surface area contributed by atoms with Crippen molar-refractivity contribution < 1.29 is 19.4 Å². The van der Waals surface area contributed by atoms with Gasteiger partial charge in [-0.3, -0.25) is 9.78 Å². The minimum absolute atomic E-state index is 0.0454. The Morgan fingerprint density at radius 2 is 2.21 bits per heavy atom. The third-order valence-corrected chi connectivity index (χ3v) is 5.69. The first-order valence-corrected chi connectivity index (χ1v) is 10.1. The van der Waals surface area contributed by atoms with Crippen LogP contribution in [0.1, 0.15) is 50.5 Å². The number of nitrogens with zero attached hydrogens (tertiary/aromatic N) is 1. The van der Waals surface area contributed by atoms with Crippen molar-refractivity contribution in [3.8, 4) is 0 Å². The van der Waals surface area contributed by atoms with Crippen molar-refractivity contribution in [2.45, 2.75) is 45.6 Å². The van der Waals surface area contributed by atoms with Crippen molar-refractivity contribution in [3.63, 3.8) is 0 Å². The molecule has 0 bridgehead atoms. The molecule has 0 saturated heterocycles. The van der Waals surface area contributed by atoms with E-state index >= 15 is 0 Å². The van der Waals surface area contributed by atoms with Crippen LogP contribution in [0.2, 0.25) is 0 Å². The number of alkyl carbamates (subject to hydrolysis) is 1. The average Bonchev–Trinajstić information content (AvgIpc) is 3.19. The molecule has 2 aromatic heterocycles. The van der Waals surface area contributed by atoms with Crippen molar-refractivity contribution in [1.29, 1.82) is 0 Å². The maximum absolute atomic E-state index is 12.4. The molecule has 1 saturated carbocycles. The second-order valence-electron chi connectivity index (χ2n) is 8.54. The molecular formula is C21H30N4O4. The van der Waals surface area contributed by atoms with E-state index < -0.39 is 11.7 Å². The Bertz CT molecular complexity index is 840. The van der Waals surface area contributed by atoms with Crippen LogP contribution in [0.15, 0.2) is 24.5 Å². The molecule has 158 valence electrons. The van der Waals surface area contributed by atoms with Crippen LogP contribution in [0.3, 0.4) is 0 Å². The molecule has 2 atom stereocenters. The number of pyridine rings is 1. The summed E-state index contributed by atoms with van der Waals surface area (Å²) in [4.78, 5) is 31.3. The van der Waals surface area contributed by atoms with Gasteiger partial charge in [0.2, 0.25) is 0 Å². The zero-order valence-corrected chi connectivity index (χ0v) is 17.2. The second-order valence-corrected chi connectivity index (χ2v) is 8.54. The summed E-state index contributed by atoms with van der Waals surface area (Å²) >= 11 is 0. The van der Waals surface area contributed by atoms with Crippen LogP contribution < -0.4 is 10.6 Å². The molecule has 1 aliphatic carbocycles. The minimum Gasteiger partial charge on any atom is -0.447 e. The zero-order valence-electron chi connectivity index (χ0n) is 17.2. The topological polar surface area (TPSA) is 116 Å². The number of rotatable bonds is 9. The van der Waals surface area contributed by atoms with Crippen molar-refractivity contribution in [2.75, 3.05) is 19.7 Å². The summed E-state index contributed by atoms with van der Waals surface area (Å²) in [6.07, 6.45) is 5.75. The van der Waals surface area contributed by atoms with E-state index in [0.29, 0.717) is 24.7 Å². The highest BCUT2D eigenvalue weighted by molar-refractivity contribution is 5.97. The Morgan fingerprint density at radius 1 is 1.41 bits per heavy atom. The van der Waals surface area contributed by atoms with E-state index in [1.54, 1.807) is 32.3 Å². The van der Waals surface area contributed by atoms with Crippen molar-refractivity contribution >= 4 is 22.9 Å². The summed E-state index contributed by atoms with van der Waals surface area (Å²) in [5.41, 5.74) is 0.527. The number of nitrogens with one attached hydrogen (secondary N) is 3. The van der Waals surface area contributed by atoms with Gasteiger partial charge in [0, 0.05) is 36.4 Å². The molecule has 0 radical (unpaired) electrons. The normalized spacial score (nSPS) is 21.0. The average molecular weight is 402 g/mol. The van der Waals surface area contributed by atoms with E-state index in [-0.39, 0.29) is 17.9 Å². The standard InChI is InChI=1S/C21H30N4O4/c1-4-21(6-8-23-19(27)29-13-20(2,3)28)10-15(21)12-24-18(26)17-9-14-11-22-7-5-16(14)25-17/h5,7,9,11,15,25,28H,4,6,8,10,12-13H2,1-3H3,(H,23,27)(H,24,26). The van der Waals surface area contributed by atoms with Crippen LogP contribution in [-0.2, 0) is 4.74 Å². The molecule has 2 amide bonds. The molecule has 8 nitrogen and oxygen atoms in total.